The van der Waals surface area contributed by atoms with Crippen LogP contribution in [0, 0.1) is 12.8 Å². The van der Waals surface area contributed by atoms with Crippen molar-refractivity contribution in [2.75, 3.05) is 11.9 Å². The van der Waals surface area contributed by atoms with Crippen molar-refractivity contribution < 1.29 is 19.5 Å². The third kappa shape index (κ3) is 5.37. The number of anilines is 1. The molecule has 0 saturated heterocycles. The number of benzene rings is 1. The van der Waals surface area contributed by atoms with Gasteiger partial charge in [-0.2, -0.15) is 0 Å². The predicted octanol–water partition coefficient (Wildman–Crippen LogP) is 2.72. The molecule has 2 amide bonds. The lowest BCUT2D eigenvalue weighted by Crippen LogP contribution is -2.33. The van der Waals surface area contributed by atoms with Crippen LogP contribution in [-0.2, 0) is 9.59 Å². The first-order valence-electron chi connectivity index (χ1n) is 8.36. The number of carboxylic acid groups (broad SMARTS) is 1. The molecule has 0 aliphatic heterocycles. The van der Waals surface area contributed by atoms with Crippen LogP contribution in [0.3, 0.4) is 0 Å². The van der Waals surface area contributed by atoms with E-state index in [1.165, 1.54) is 37.8 Å². The Morgan fingerprint density at radius 1 is 1.17 bits per heavy atom. The second kappa shape index (κ2) is 8.47. The minimum atomic E-state index is -1.05. The molecule has 1 aliphatic rings. The first-order valence-corrected chi connectivity index (χ1v) is 8.36. The Bertz CT molecular complexity index is 621. The number of carboxylic acids is 1. The average Bonchev–Trinajstić information content (AvgIpc) is 3.06. The highest BCUT2D eigenvalue weighted by atomic mass is 16.4. The second-order valence-corrected chi connectivity index (χ2v) is 6.35. The Balaban J connectivity index is 1.77. The smallest absolute Gasteiger partial charge is 0.335 e. The number of aryl methyl sites for hydroxylation is 1. The summed E-state index contributed by atoms with van der Waals surface area (Å²) in [5, 5.41) is 14.2. The molecule has 6 nitrogen and oxygen atoms in total. The van der Waals surface area contributed by atoms with E-state index in [1.54, 1.807) is 13.0 Å². The van der Waals surface area contributed by atoms with Crippen LogP contribution in [0.15, 0.2) is 18.2 Å². The third-order valence-corrected chi connectivity index (χ3v) is 4.46. The van der Waals surface area contributed by atoms with Crippen LogP contribution in [0.5, 0.6) is 0 Å². The molecule has 0 bridgehead atoms. The Labute approximate surface area is 141 Å². The summed E-state index contributed by atoms with van der Waals surface area (Å²) in [6.07, 6.45) is 6.24. The van der Waals surface area contributed by atoms with E-state index in [0.717, 1.165) is 12.0 Å². The normalized spacial score (nSPS) is 14.4. The van der Waals surface area contributed by atoms with E-state index in [-0.39, 0.29) is 23.9 Å². The molecule has 1 aromatic carbocycles. The summed E-state index contributed by atoms with van der Waals surface area (Å²) in [7, 11) is 0. The number of carbonyl (C=O) groups is 3. The predicted molar refractivity (Wildman–Crippen MR) is 91.0 cm³/mol. The fourth-order valence-electron chi connectivity index (χ4n) is 2.99. The fourth-order valence-corrected chi connectivity index (χ4v) is 2.99. The van der Waals surface area contributed by atoms with Gasteiger partial charge >= 0.3 is 5.97 Å². The molecular weight excluding hydrogens is 308 g/mol. The largest absolute Gasteiger partial charge is 0.478 e. The van der Waals surface area contributed by atoms with Gasteiger partial charge < -0.3 is 15.7 Å². The lowest BCUT2D eigenvalue weighted by atomic mass is 10.0. The number of amides is 2. The standard InChI is InChI=1S/C18H24N2O4/c1-12-6-8-14(18(23)24)10-15(12)20-17(22)11-19-16(21)9-7-13-4-2-3-5-13/h6,8,10,13H,2-5,7,9,11H2,1H3,(H,19,21)(H,20,22)(H,23,24). The van der Waals surface area contributed by atoms with Crippen molar-refractivity contribution in [2.24, 2.45) is 5.92 Å². The van der Waals surface area contributed by atoms with Gasteiger partial charge in [-0.05, 0) is 37.0 Å². The van der Waals surface area contributed by atoms with E-state index in [9.17, 15) is 14.4 Å². The van der Waals surface area contributed by atoms with E-state index in [1.807, 2.05) is 0 Å². The van der Waals surface area contributed by atoms with Gasteiger partial charge in [0.2, 0.25) is 11.8 Å². The second-order valence-electron chi connectivity index (χ2n) is 6.35. The van der Waals surface area contributed by atoms with E-state index in [0.29, 0.717) is 18.0 Å². The van der Waals surface area contributed by atoms with Gasteiger partial charge in [0.1, 0.15) is 0 Å². The fraction of sp³-hybridized carbons (Fsp3) is 0.500. The molecule has 0 spiro atoms. The van der Waals surface area contributed by atoms with Crippen molar-refractivity contribution in [3.63, 3.8) is 0 Å². The first-order chi connectivity index (χ1) is 11.5. The number of hydrogen-bond acceptors (Lipinski definition) is 3. The molecule has 1 fully saturated rings. The molecule has 1 aromatic rings. The molecule has 1 aliphatic carbocycles. The Hall–Kier alpha value is -2.37. The molecule has 0 radical (unpaired) electrons. The molecule has 130 valence electrons. The van der Waals surface area contributed by atoms with E-state index >= 15 is 0 Å². The van der Waals surface area contributed by atoms with Crippen molar-refractivity contribution in [3.05, 3.63) is 29.3 Å². The van der Waals surface area contributed by atoms with E-state index < -0.39 is 5.97 Å². The SMILES string of the molecule is Cc1ccc(C(=O)O)cc1NC(=O)CNC(=O)CCC1CCCC1. The highest BCUT2D eigenvalue weighted by molar-refractivity contribution is 5.97. The minimum absolute atomic E-state index is 0.108. The molecule has 0 unspecified atom stereocenters. The lowest BCUT2D eigenvalue weighted by Gasteiger charge is -2.11. The number of carbonyl (C=O) groups excluding carboxylic acids is 2. The summed E-state index contributed by atoms with van der Waals surface area (Å²) in [4.78, 5) is 34.7. The minimum Gasteiger partial charge on any atom is -0.478 e. The van der Waals surface area contributed by atoms with Crippen LogP contribution in [-0.4, -0.2) is 29.4 Å². The van der Waals surface area contributed by atoms with Gasteiger partial charge in [0.15, 0.2) is 0 Å². The van der Waals surface area contributed by atoms with E-state index in [2.05, 4.69) is 10.6 Å². The first kappa shape index (κ1) is 18.0. The molecule has 0 aromatic heterocycles. The van der Waals surface area contributed by atoms with Crippen LogP contribution >= 0.6 is 0 Å². The molecular formula is C18H24N2O4. The van der Waals surface area contributed by atoms with Crippen molar-refractivity contribution in [1.29, 1.82) is 0 Å². The molecule has 0 atom stereocenters. The summed E-state index contributed by atoms with van der Waals surface area (Å²) in [6.45, 7) is 1.67. The maximum Gasteiger partial charge on any atom is 0.335 e. The maximum absolute atomic E-state index is 11.9. The number of hydrogen-bond donors (Lipinski definition) is 3. The van der Waals surface area contributed by atoms with Gasteiger partial charge in [0.25, 0.3) is 0 Å². The Kier molecular flexibility index (Phi) is 6.35. The summed E-state index contributed by atoms with van der Waals surface area (Å²) in [6, 6.07) is 4.54. The topological polar surface area (TPSA) is 95.5 Å². The monoisotopic (exact) mass is 332 g/mol. The summed E-state index contributed by atoms with van der Waals surface area (Å²) >= 11 is 0. The summed E-state index contributed by atoms with van der Waals surface area (Å²) < 4.78 is 0. The summed E-state index contributed by atoms with van der Waals surface area (Å²) in [5.41, 5.74) is 1.32. The van der Waals surface area contributed by atoms with Crippen molar-refractivity contribution in [2.45, 2.75) is 45.4 Å². The quantitative estimate of drug-likeness (QED) is 0.715. The molecule has 24 heavy (non-hydrogen) atoms. The number of aromatic carboxylic acids is 1. The zero-order valence-corrected chi connectivity index (χ0v) is 13.9. The highest BCUT2D eigenvalue weighted by Gasteiger charge is 2.16. The van der Waals surface area contributed by atoms with Crippen molar-refractivity contribution in [1.82, 2.24) is 5.32 Å². The maximum atomic E-state index is 11.9. The van der Waals surface area contributed by atoms with Crippen LogP contribution in [0.25, 0.3) is 0 Å². The molecule has 1 saturated carbocycles. The average molecular weight is 332 g/mol. The summed E-state index contributed by atoms with van der Waals surface area (Å²) in [5.74, 6) is -0.889. The molecule has 0 heterocycles. The highest BCUT2D eigenvalue weighted by Crippen LogP contribution is 2.28. The van der Waals surface area contributed by atoms with Crippen LogP contribution in [0.2, 0.25) is 0 Å². The number of rotatable bonds is 7. The van der Waals surface area contributed by atoms with Crippen LogP contribution in [0.1, 0.15) is 54.4 Å². The molecule has 2 rings (SSSR count). The van der Waals surface area contributed by atoms with E-state index in [4.69, 9.17) is 5.11 Å². The van der Waals surface area contributed by atoms with Gasteiger partial charge in [-0.1, -0.05) is 31.7 Å². The van der Waals surface area contributed by atoms with Crippen LogP contribution < -0.4 is 10.6 Å². The zero-order chi connectivity index (χ0) is 17.5. The lowest BCUT2D eigenvalue weighted by molar-refractivity contribution is -0.124. The van der Waals surface area contributed by atoms with Crippen molar-refractivity contribution in [3.8, 4) is 0 Å². The number of nitrogens with one attached hydrogen (secondary N) is 2. The Morgan fingerprint density at radius 3 is 2.54 bits per heavy atom. The molecule has 3 N–H and O–H groups in total. The van der Waals surface area contributed by atoms with Gasteiger partial charge in [0.05, 0.1) is 12.1 Å². The Morgan fingerprint density at radius 2 is 1.88 bits per heavy atom. The van der Waals surface area contributed by atoms with Gasteiger partial charge in [0, 0.05) is 12.1 Å². The van der Waals surface area contributed by atoms with Crippen molar-refractivity contribution >= 4 is 23.5 Å². The van der Waals surface area contributed by atoms with Gasteiger partial charge in [-0.3, -0.25) is 9.59 Å². The third-order valence-electron chi connectivity index (χ3n) is 4.46. The van der Waals surface area contributed by atoms with Gasteiger partial charge in [-0.25, -0.2) is 4.79 Å². The van der Waals surface area contributed by atoms with Crippen LogP contribution in [0.4, 0.5) is 5.69 Å². The van der Waals surface area contributed by atoms with Gasteiger partial charge in [-0.15, -0.1) is 0 Å². The zero-order valence-electron chi connectivity index (χ0n) is 13.9. The molecule has 6 heteroatoms.